The molecule has 1 aromatic carbocycles. The van der Waals surface area contributed by atoms with Crippen LogP contribution >= 0.6 is 0 Å². The van der Waals surface area contributed by atoms with Gasteiger partial charge in [0.15, 0.2) is 11.6 Å². The van der Waals surface area contributed by atoms with E-state index in [0.29, 0.717) is 23.2 Å². The number of benzene rings is 1. The summed E-state index contributed by atoms with van der Waals surface area (Å²) in [5.74, 6) is -2.73. The Morgan fingerprint density at radius 3 is 2.80 bits per heavy atom. The predicted octanol–water partition coefficient (Wildman–Crippen LogP) is 2.85. The van der Waals surface area contributed by atoms with Crippen LogP contribution < -0.4 is 10.1 Å². The fraction of sp³-hybridized carbons (Fsp3) is 0.143. The number of carbonyl (C=O) groups excluding carboxylic acids is 2. The number of hydrogen-bond donors (Lipinski definition) is 1. The highest BCUT2D eigenvalue weighted by Gasteiger charge is 2.41. The Labute approximate surface area is 169 Å². The second-order valence-electron chi connectivity index (χ2n) is 7.06. The molecule has 2 atom stereocenters. The molecule has 2 unspecified atom stereocenters. The minimum atomic E-state index is -0.882. The highest BCUT2D eigenvalue weighted by molar-refractivity contribution is 6.42. The summed E-state index contributed by atoms with van der Waals surface area (Å²) in [6.45, 7) is 0. The molecule has 0 bridgehead atoms. The van der Waals surface area contributed by atoms with Gasteiger partial charge in [0.25, 0.3) is 5.91 Å². The third-order valence-electron chi connectivity index (χ3n) is 5.19. The molecule has 3 heterocycles. The quantitative estimate of drug-likeness (QED) is 0.835. The Balaban J connectivity index is 1.61. The first kappa shape index (κ1) is 18.2. The predicted molar refractivity (Wildman–Crippen MR) is 104 cm³/mol. The van der Waals surface area contributed by atoms with E-state index in [0.717, 1.165) is 11.6 Å². The fourth-order valence-electron chi connectivity index (χ4n) is 3.81. The summed E-state index contributed by atoms with van der Waals surface area (Å²) in [6.07, 6.45) is 8.46. The molecule has 0 aromatic heterocycles. The van der Waals surface area contributed by atoms with Crippen molar-refractivity contribution >= 4 is 23.4 Å². The highest BCUT2D eigenvalue weighted by Crippen LogP contribution is 2.39. The van der Waals surface area contributed by atoms with Crippen LogP contribution in [-0.2, 0) is 4.79 Å². The minimum Gasteiger partial charge on any atom is -0.455 e. The van der Waals surface area contributed by atoms with Crippen LogP contribution in [0.3, 0.4) is 0 Å². The van der Waals surface area contributed by atoms with Crippen molar-refractivity contribution in [1.82, 2.24) is 10.2 Å². The average molecular weight is 408 g/mol. The van der Waals surface area contributed by atoms with Crippen LogP contribution in [0.25, 0.3) is 0 Å². The van der Waals surface area contributed by atoms with Crippen molar-refractivity contribution in [1.29, 1.82) is 0 Å². The van der Waals surface area contributed by atoms with E-state index in [1.54, 1.807) is 37.7 Å². The van der Waals surface area contributed by atoms with Crippen LogP contribution in [-0.4, -0.2) is 35.3 Å². The summed E-state index contributed by atoms with van der Waals surface area (Å²) in [6, 6.07) is 2.40. The molecule has 3 amide bonds. The lowest BCUT2D eigenvalue weighted by Crippen LogP contribution is -2.40. The van der Waals surface area contributed by atoms with Gasteiger partial charge in [-0.3, -0.25) is 9.79 Å². The van der Waals surface area contributed by atoms with Gasteiger partial charge in [-0.1, -0.05) is 12.2 Å². The van der Waals surface area contributed by atoms with Crippen molar-refractivity contribution in [2.45, 2.75) is 0 Å². The lowest BCUT2D eigenvalue weighted by atomic mass is 9.80. The maximum absolute atomic E-state index is 14.3. The molecule has 5 rings (SSSR count). The number of carbonyl (C=O) groups is 2. The van der Waals surface area contributed by atoms with E-state index in [1.165, 1.54) is 11.0 Å². The first-order valence-corrected chi connectivity index (χ1v) is 9.11. The van der Waals surface area contributed by atoms with E-state index in [9.17, 15) is 18.4 Å². The van der Waals surface area contributed by atoms with Crippen molar-refractivity contribution in [3.8, 4) is 5.75 Å². The topological polar surface area (TPSA) is 83.4 Å². The number of nitrogens with zero attached hydrogens (tertiary/aromatic N) is 3. The van der Waals surface area contributed by atoms with E-state index in [2.05, 4.69) is 15.3 Å². The second kappa shape index (κ2) is 6.58. The van der Waals surface area contributed by atoms with Crippen molar-refractivity contribution < 1.29 is 23.1 Å². The minimum absolute atomic E-state index is 0.198. The van der Waals surface area contributed by atoms with E-state index < -0.39 is 23.6 Å². The van der Waals surface area contributed by atoms with E-state index in [1.807, 2.05) is 0 Å². The first-order chi connectivity index (χ1) is 14.4. The summed E-state index contributed by atoms with van der Waals surface area (Å²) in [5.41, 5.74) is 1.78. The molecule has 0 saturated heterocycles. The Morgan fingerprint density at radius 2 is 2.00 bits per heavy atom. The number of urea groups is 1. The maximum atomic E-state index is 14.3. The summed E-state index contributed by atoms with van der Waals surface area (Å²) >= 11 is 0. The number of aliphatic imine (C=N–C) groups is 2. The van der Waals surface area contributed by atoms with Crippen LogP contribution in [0.2, 0.25) is 0 Å². The molecule has 0 fully saturated rings. The van der Waals surface area contributed by atoms with Crippen molar-refractivity contribution in [3.05, 3.63) is 77.5 Å². The molecule has 0 spiro atoms. The normalized spacial score (nSPS) is 24.4. The number of fused-ring (bicyclic) bond motifs is 2. The van der Waals surface area contributed by atoms with Gasteiger partial charge in [-0.2, -0.15) is 4.99 Å². The zero-order valence-corrected chi connectivity index (χ0v) is 15.6. The average Bonchev–Trinajstić information content (AvgIpc) is 3.33. The zero-order chi connectivity index (χ0) is 21.0. The molecule has 7 nitrogen and oxygen atoms in total. The van der Waals surface area contributed by atoms with Crippen LogP contribution in [0.5, 0.6) is 5.75 Å². The monoisotopic (exact) mass is 408 g/mol. The van der Waals surface area contributed by atoms with Crippen LogP contribution in [0, 0.1) is 23.5 Å². The summed E-state index contributed by atoms with van der Waals surface area (Å²) in [7, 11) is 1.61. The summed E-state index contributed by atoms with van der Waals surface area (Å²) in [5, 5.41) is 2.61. The van der Waals surface area contributed by atoms with Crippen LogP contribution in [0.1, 0.15) is 0 Å². The largest absolute Gasteiger partial charge is 0.455 e. The number of ether oxygens (including phenoxy) is 1. The second-order valence-corrected chi connectivity index (χ2v) is 7.06. The molecule has 1 aromatic rings. The van der Waals surface area contributed by atoms with Crippen molar-refractivity contribution in [2.75, 3.05) is 7.05 Å². The molecular formula is C21H14F2N4O3. The Morgan fingerprint density at radius 1 is 1.17 bits per heavy atom. The number of amides is 3. The molecular weight excluding hydrogens is 394 g/mol. The van der Waals surface area contributed by atoms with Gasteiger partial charge in [-0.05, 0) is 23.8 Å². The number of rotatable bonds is 3. The van der Waals surface area contributed by atoms with Crippen molar-refractivity contribution in [2.24, 2.45) is 21.8 Å². The SMILES string of the molecule is CN1C=C(C2C=CC3=NC(=O)NC3=C2Oc2ccc(F)cc2F)C2C=CN=C2C1=O. The lowest BCUT2D eigenvalue weighted by Gasteiger charge is -2.32. The molecule has 0 radical (unpaired) electrons. The van der Waals surface area contributed by atoms with Gasteiger partial charge in [-0.15, -0.1) is 0 Å². The molecule has 9 heteroatoms. The number of allylic oxidation sites excluding steroid dienone is 3. The molecule has 1 aliphatic carbocycles. The van der Waals surface area contributed by atoms with E-state index in [-0.39, 0.29) is 23.3 Å². The highest BCUT2D eigenvalue weighted by atomic mass is 19.1. The van der Waals surface area contributed by atoms with Gasteiger partial charge in [0.2, 0.25) is 0 Å². The van der Waals surface area contributed by atoms with Gasteiger partial charge in [0, 0.05) is 25.5 Å². The molecule has 3 aliphatic heterocycles. The van der Waals surface area contributed by atoms with Crippen LogP contribution in [0.4, 0.5) is 13.6 Å². The Hall–Kier alpha value is -3.88. The third-order valence-corrected chi connectivity index (χ3v) is 5.19. The number of hydrogen-bond acceptors (Lipinski definition) is 4. The Kier molecular flexibility index (Phi) is 3.99. The smallest absolute Gasteiger partial charge is 0.346 e. The number of halogens is 2. The molecule has 1 N–H and O–H groups in total. The van der Waals surface area contributed by atoms with Gasteiger partial charge in [0.05, 0.1) is 17.5 Å². The third kappa shape index (κ3) is 2.78. The number of nitrogens with one attached hydrogen (secondary N) is 1. The summed E-state index contributed by atoms with van der Waals surface area (Å²) in [4.78, 5) is 33.7. The molecule has 30 heavy (non-hydrogen) atoms. The van der Waals surface area contributed by atoms with Crippen molar-refractivity contribution in [3.63, 3.8) is 0 Å². The molecule has 0 saturated carbocycles. The van der Waals surface area contributed by atoms with Crippen LogP contribution in [0.15, 0.2) is 75.8 Å². The zero-order valence-electron chi connectivity index (χ0n) is 15.6. The summed E-state index contributed by atoms with van der Waals surface area (Å²) < 4.78 is 33.5. The van der Waals surface area contributed by atoms with Gasteiger partial charge >= 0.3 is 6.03 Å². The van der Waals surface area contributed by atoms with Gasteiger partial charge in [-0.25, -0.2) is 13.6 Å². The fourth-order valence-corrected chi connectivity index (χ4v) is 3.81. The maximum Gasteiger partial charge on any atom is 0.346 e. The molecule has 150 valence electrons. The van der Waals surface area contributed by atoms with Gasteiger partial charge in [0.1, 0.15) is 23.0 Å². The Bertz CT molecular complexity index is 1190. The van der Waals surface area contributed by atoms with E-state index >= 15 is 0 Å². The standard InChI is InChI=1S/C21H14F2N4O3/c1-27-9-13(11-6-7-24-17(11)20(27)28)12-3-4-15-18(26-21(29)25-15)19(12)30-16-5-2-10(22)8-14(16)23/h2-9,11-12H,1H3,(H,26,29). The van der Waals surface area contributed by atoms with E-state index in [4.69, 9.17) is 4.74 Å². The first-order valence-electron chi connectivity index (χ1n) is 9.11. The molecule has 4 aliphatic rings. The lowest BCUT2D eigenvalue weighted by molar-refractivity contribution is -0.121. The van der Waals surface area contributed by atoms with Gasteiger partial charge < -0.3 is 15.0 Å².